The zero-order valence-electron chi connectivity index (χ0n) is 7.69. The number of carbonyl (C=O) groups is 1. The van der Waals surface area contributed by atoms with E-state index in [2.05, 4.69) is 15.5 Å². The number of aryl methyl sites for hydroxylation is 1. The summed E-state index contributed by atoms with van der Waals surface area (Å²) in [7, 11) is 1.82. The summed E-state index contributed by atoms with van der Waals surface area (Å²) in [6, 6.07) is 3.58. The highest BCUT2D eigenvalue weighted by Crippen LogP contribution is 2.06. The molecule has 2 N–H and O–H groups in total. The topological polar surface area (TPSA) is 62.7 Å². The molecule has 5 nitrogen and oxygen atoms in total. The monoisotopic (exact) mass is 190 g/mol. The Hall–Kier alpha value is -2.04. The van der Waals surface area contributed by atoms with E-state index < -0.39 is 0 Å². The van der Waals surface area contributed by atoms with E-state index in [0.29, 0.717) is 11.4 Å². The highest BCUT2D eigenvalue weighted by molar-refractivity contribution is 6.02. The quantitative estimate of drug-likeness (QED) is 0.742. The fourth-order valence-corrected chi connectivity index (χ4v) is 1.21. The van der Waals surface area contributed by atoms with E-state index >= 15 is 0 Å². The lowest BCUT2D eigenvalue weighted by Gasteiger charge is -2.02. The van der Waals surface area contributed by atoms with Gasteiger partial charge in [-0.1, -0.05) is 0 Å². The standard InChI is InChI=1S/C9H10N4O/c1-13-4-2-3-8(13)9(14)12-7-5-10-11-6-7/h2-6H,1H3,(H,10,11)(H,12,14). The van der Waals surface area contributed by atoms with Crippen molar-refractivity contribution in [3.8, 4) is 0 Å². The second-order valence-corrected chi connectivity index (χ2v) is 2.95. The van der Waals surface area contributed by atoms with Crippen LogP contribution >= 0.6 is 0 Å². The summed E-state index contributed by atoms with van der Waals surface area (Å²) in [5, 5.41) is 9.07. The summed E-state index contributed by atoms with van der Waals surface area (Å²) >= 11 is 0. The molecule has 1 amide bonds. The van der Waals surface area contributed by atoms with Crippen LogP contribution in [0.3, 0.4) is 0 Å². The predicted octanol–water partition coefficient (Wildman–Crippen LogP) is 1.00. The summed E-state index contributed by atoms with van der Waals surface area (Å²) in [4.78, 5) is 11.6. The van der Waals surface area contributed by atoms with E-state index in [1.807, 2.05) is 19.3 Å². The summed E-state index contributed by atoms with van der Waals surface area (Å²) in [6.45, 7) is 0. The van der Waals surface area contributed by atoms with Gasteiger partial charge in [-0.3, -0.25) is 9.89 Å². The summed E-state index contributed by atoms with van der Waals surface area (Å²) in [6.07, 6.45) is 5.01. The molecule has 72 valence electrons. The van der Waals surface area contributed by atoms with Crippen molar-refractivity contribution >= 4 is 11.6 Å². The minimum absolute atomic E-state index is 0.140. The van der Waals surface area contributed by atoms with Crippen molar-refractivity contribution in [2.24, 2.45) is 7.05 Å². The third kappa shape index (κ3) is 1.52. The molecule has 0 aliphatic carbocycles. The molecule has 0 spiro atoms. The molecule has 0 fully saturated rings. The maximum absolute atomic E-state index is 11.6. The Morgan fingerprint density at radius 2 is 2.50 bits per heavy atom. The smallest absolute Gasteiger partial charge is 0.272 e. The molecule has 0 atom stereocenters. The first-order valence-corrected chi connectivity index (χ1v) is 4.19. The van der Waals surface area contributed by atoms with Gasteiger partial charge in [-0.25, -0.2) is 0 Å². The fourth-order valence-electron chi connectivity index (χ4n) is 1.21. The second-order valence-electron chi connectivity index (χ2n) is 2.95. The van der Waals surface area contributed by atoms with Gasteiger partial charge in [0.1, 0.15) is 5.69 Å². The molecule has 0 radical (unpaired) electrons. The number of rotatable bonds is 2. The molecule has 2 aromatic heterocycles. The van der Waals surface area contributed by atoms with E-state index in [-0.39, 0.29) is 5.91 Å². The third-order valence-electron chi connectivity index (χ3n) is 1.93. The van der Waals surface area contributed by atoms with Crippen LogP contribution in [0.1, 0.15) is 10.5 Å². The first kappa shape index (κ1) is 8.55. The van der Waals surface area contributed by atoms with Crippen molar-refractivity contribution in [2.75, 3.05) is 5.32 Å². The molecule has 2 aromatic rings. The molecular weight excluding hydrogens is 180 g/mol. The number of aromatic nitrogens is 3. The largest absolute Gasteiger partial charge is 0.347 e. The van der Waals surface area contributed by atoms with Gasteiger partial charge in [0.15, 0.2) is 0 Å². The number of aromatic amines is 1. The van der Waals surface area contributed by atoms with Gasteiger partial charge in [0, 0.05) is 19.4 Å². The molecule has 0 saturated carbocycles. The number of nitrogens with one attached hydrogen (secondary N) is 2. The van der Waals surface area contributed by atoms with Crippen LogP contribution < -0.4 is 5.32 Å². The second kappa shape index (κ2) is 3.37. The number of carbonyl (C=O) groups excluding carboxylic acids is 1. The molecule has 0 unspecified atom stereocenters. The lowest BCUT2D eigenvalue weighted by Crippen LogP contribution is -2.14. The molecular formula is C9H10N4O. The van der Waals surface area contributed by atoms with Gasteiger partial charge >= 0.3 is 0 Å². The van der Waals surface area contributed by atoms with Crippen LogP contribution in [0.15, 0.2) is 30.7 Å². The van der Waals surface area contributed by atoms with Crippen LogP contribution in [0.2, 0.25) is 0 Å². The molecule has 0 bridgehead atoms. The van der Waals surface area contributed by atoms with Crippen LogP contribution in [0, 0.1) is 0 Å². The van der Waals surface area contributed by atoms with Crippen molar-refractivity contribution < 1.29 is 4.79 Å². The van der Waals surface area contributed by atoms with E-state index in [1.165, 1.54) is 0 Å². The third-order valence-corrected chi connectivity index (χ3v) is 1.93. The number of amides is 1. The Kier molecular flexibility index (Phi) is 2.06. The van der Waals surface area contributed by atoms with E-state index in [4.69, 9.17) is 0 Å². The number of H-pyrrole nitrogens is 1. The maximum atomic E-state index is 11.6. The van der Waals surface area contributed by atoms with Crippen molar-refractivity contribution in [1.82, 2.24) is 14.8 Å². The zero-order chi connectivity index (χ0) is 9.97. The maximum Gasteiger partial charge on any atom is 0.272 e. The number of nitrogens with zero attached hydrogens (tertiary/aromatic N) is 2. The Morgan fingerprint density at radius 1 is 1.64 bits per heavy atom. The molecule has 14 heavy (non-hydrogen) atoms. The van der Waals surface area contributed by atoms with Gasteiger partial charge in [0.05, 0.1) is 11.9 Å². The van der Waals surface area contributed by atoms with Gasteiger partial charge in [0.2, 0.25) is 0 Å². The van der Waals surface area contributed by atoms with Gasteiger partial charge < -0.3 is 9.88 Å². The first-order chi connectivity index (χ1) is 6.77. The summed E-state index contributed by atoms with van der Waals surface area (Å²) in [5.74, 6) is -0.140. The van der Waals surface area contributed by atoms with Crippen LogP contribution in [0.4, 0.5) is 5.69 Å². The molecule has 2 heterocycles. The summed E-state index contributed by atoms with van der Waals surface area (Å²) < 4.78 is 1.76. The van der Waals surface area contributed by atoms with Crippen molar-refractivity contribution in [1.29, 1.82) is 0 Å². The van der Waals surface area contributed by atoms with Crippen molar-refractivity contribution in [2.45, 2.75) is 0 Å². The lowest BCUT2D eigenvalue weighted by atomic mass is 10.4. The molecule has 0 aliphatic rings. The normalized spacial score (nSPS) is 10.1. The number of hydrogen-bond donors (Lipinski definition) is 2. The zero-order valence-corrected chi connectivity index (χ0v) is 7.69. The predicted molar refractivity (Wildman–Crippen MR) is 52.0 cm³/mol. The van der Waals surface area contributed by atoms with Gasteiger partial charge in [0.25, 0.3) is 5.91 Å². The molecule has 0 aliphatic heterocycles. The highest BCUT2D eigenvalue weighted by Gasteiger charge is 2.08. The molecule has 0 saturated heterocycles. The molecule has 5 heteroatoms. The first-order valence-electron chi connectivity index (χ1n) is 4.19. The Balaban J connectivity index is 2.14. The van der Waals surface area contributed by atoms with Gasteiger partial charge in [-0.15, -0.1) is 0 Å². The highest BCUT2D eigenvalue weighted by atomic mass is 16.1. The lowest BCUT2D eigenvalue weighted by molar-refractivity contribution is 0.101. The van der Waals surface area contributed by atoms with Crippen molar-refractivity contribution in [3.63, 3.8) is 0 Å². The van der Waals surface area contributed by atoms with Crippen molar-refractivity contribution in [3.05, 3.63) is 36.4 Å². The van der Waals surface area contributed by atoms with Crippen LogP contribution in [0.25, 0.3) is 0 Å². The average Bonchev–Trinajstić information content (AvgIpc) is 2.75. The Bertz CT molecular complexity index is 429. The number of anilines is 1. The fraction of sp³-hybridized carbons (Fsp3) is 0.111. The Morgan fingerprint density at radius 3 is 3.07 bits per heavy atom. The van der Waals surface area contributed by atoms with E-state index in [1.54, 1.807) is 23.0 Å². The molecule has 0 aromatic carbocycles. The van der Waals surface area contributed by atoms with E-state index in [9.17, 15) is 4.79 Å². The minimum atomic E-state index is -0.140. The van der Waals surface area contributed by atoms with Gasteiger partial charge in [-0.05, 0) is 12.1 Å². The average molecular weight is 190 g/mol. The van der Waals surface area contributed by atoms with Crippen LogP contribution in [-0.2, 0) is 7.05 Å². The molecule has 2 rings (SSSR count). The van der Waals surface area contributed by atoms with Crippen LogP contribution in [0.5, 0.6) is 0 Å². The minimum Gasteiger partial charge on any atom is -0.347 e. The van der Waals surface area contributed by atoms with E-state index in [0.717, 1.165) is 0 Å². The Labute approximate surface area is 80.7 Å². The van der Waals surface area contributed by atoms with Gasteiger partial charge in [-0.2, -0.15) is 5.10 Å². The van der Waals surface area contributed by atoms with Crippen LogP contribution in [-0.4, -0.2) is 20.7 Å². The summed E-state index contributed by atoms with van der Waals surface area (Å²) in [5.41, 5.74) is 1.28. The SMILES string of the molecule is Cn1cccc1C(=O)Nc1cn[nH]c1. The number of hydrogen-bond acceptors (Lipinski definition) is 2.